The maximum absolute atomic E-state index is 4.25. The first-order valence-electron chi connectivity index (χ1n) is 7.13. The van der Waals surface area contributed by atoms with E-state index < -0.39 is 0 Å². The number of rotatable bonds is 6. The van der Waals surface area contributed by atoms with Crippen LogP contribution in [0.25, 0.3) is 11.3 Å². The number of nitrogens with one attached hydrogen (secondary N) is 2. The van der Waals surface area contributed by atoms with Crippen LogP contribution in [-0.2, 0) is 13.0 Å². The number of benzene rings is 2. The summed E-state index contributed by atoms with van der Waals surface area (Å²) in [6.07, 6.45) is 1.01. The average molecular weight is 278 g/mol. The third-order valence-electron chi connectivity index (χ3n) is 3.39. The number of aromatic amines is 1. The third-order valence-corrected chi connectivity index (χ3v) is 3.39. The van der Waals surface area contributed by atoms with E-state index in [-0.39, 0.29) is 0 Å². The van der Waals surface area contributed by atoms with Gasteiger partial charge < -0.3 is 5.32 Å². The lowest BCUT2D eigenvalue weighted by molar-refractivity contribution is 0.673. The summed E-state index contributed by atoms with van der Waals surface area (Å²) in [5.74, 6) is 0. The normalized spacial score (nSPS) is 10.7. The van der Waals surface area contributed by atoms with Gasteiger partial charge in [0.2, 0.25) is 0 Å². The smallest absolute Gasteiger partial charge is 0.117 e. The van der Waals surface area contributed by atoms with Gasteiger partial charge in [0.25, 0.3) is 0 Å². The van der Waals surface area contributed by atoms with Crippen LogP contribution in [0.1, 0.15) is 11.3 Å². The van der Waals surface area contributed by atoms with Crippen molar-refractivity contribution in [2.75, 3.05) is 6.54 Å². The molecule has 0 aliphatic carbocycles. The minimum absolute atomic E-state index is 0.716. The van der Waals surface area contributed by atoms with Crippen molar-refractivity contribution in [1.82, 2.24) is 20.7 Å². The Balaban J connectivity index is 1.56. The molecule has 0 amide bonds. The van der Waals surface area contributed by atoms with Crippen molar-refractivity contribution >= 4 is 0 Å². The Labute approximate surface area is 124 Å². The van der Waals surface area contributed by atoms with Crippen molar-refractivity contribution in [1.29, 1.82) is 0 Å². The highest BCUT2D eigenvalue weighted by Crippen LogP contribution is 2.18. The molecule has 1 aromatic heterocycles. The van der Waals surface area contributed by atoms with Crippen LogP contribution in [0.3, 0.4) is 0 Å². The molecule has 3 rings (SSSR count). The first-order valence-corrected chi connectivity index (χ1v) is 7.13. The Morgan fingerprint density at radius 2 is 1.57 bits per heavy atom. The molecule has 0 spiro atoms. The molecule has 2 aromatic carbocycles. The van der Waals surface area contributed by atoms with E-state index in [0.717, 1.165) is 29.9 Å². The third kappa shape index (κ3) is 3.55. The summed E-state index contributed by atoms with van der Waals surface area (Å²) in [6, 6.07) is 20.6. The standard InChI is InChI=1S/C17H18N4/c1-3-7-14(8-4-1)11-12-18-13-16-17(20-21-19-16)15-9-5-2-6-10-15/h1-10,18H,11-13H2,(H,19,20,21). The molecule has 0 aliphatic heterocycles. The first kappa shape index (κ1) is 13.5. The molecule has 0 radical (unpaired) electrons. The van der Waals surface area contributed by atoms with Gasteiger partial charge in [-0.1, -0.05) is 60.7 Å². The Morgan fingerprint density at radius 1 is 0.857 bits per heavy atom. The Hall–Kier alpha value is -2.46. The summed E-state index contributed by atoms with van der Waals surface area (Å²) in [5, 5.41) is 14.6. The number of nitrogens with zero attached hydrogens (tertiary/aromatic N) is 2. The van der Waals surface area contributed by atoms with E-state index in [9.17, 15) is 0 Å². The number of hydrogen-bond donors (Lipinski definition) is 2. The van der Waals surface area contributed by atoms with Crippen LogP contribution in [0.2, 0.25) is 0 Å². The fraction of sp³-hybridized carbons (Fsp3) is 0.176. The van der Waals surface area contributed by atoms with E-state index in [4.69, 9.17) is 0 Å². The van der Waals surface area contributed by atoms with Gasteiger partial charge in [-0.05, 0) is 18.5 Å². The molecule has 0 saturated heterocycles. The molecule has 2 N–H and O–H groups in total. The summed E-state index contributed by atoms with van der Waals surface area (Å²) >= 11 is 0. The van der Waals surface area contributed by atoms with Crippen LogP contribution in [0.5, 0.6) is 0 Å². The van der Waals surface area contributed by atoms with E-state index >= 15 is 0 Å². The molecule has 0 bridgehead atoms. The van der Waals surface area contributed by atoms with Crippen LogP contribution in [0.4, 0.5) is 0 Å². The topological polar surface area (TPSA) is 53.6 Å². The van der Waals surface area contributed by atoms with Gasteiger partial charge in [-0.3, -0.25) is 0 Å². The van der Waals surface area contributed by atoms with Gasteiger partial charge in [-0.15, -0.1) is 0 Å². The van der Waals surface area contributed by atoms with Crippen LogP contribution in [0.15, 0.2) is 60.7 Å². The molecule has 21 heavy (non-hydrogen) atoms. The maximum Gasteiger partial charge on any atom is 0.117 e. The summed E-state index contributed by atoms with van der Waals surface area (Å²) in [7, 11) is 0. The average Bonchev–Trinajstić information content (AvgIpc) is 3.02. The SMILES string of the molecule is c1ccc(CCNCc2n[nH]nc2-c2ccccc2)cc1. The molecule has 0 saturated carbocycles. The second-order valence-corrected chi connectivity index (χ2v) is 4.90. The van der Waals surface area contributed by atoms with E-state index in [1.807, 2.05) is 36.4 Å². The Morgan fingerprint density at radius 3 is 2.33 bits per heavy atom. The Bertz CT molecular complexity index is 662. The molecule has 4 heteroatoms. The van der Waals surface area contributed by atoms with Crippen molar-refractivity contribution in [3.63, 3.8) is 0 Å². The zero-order valence-electron chi connectivity index (χ0n) is 11.8. The molecule has 0 fully saturated rings. The second kappa shape index (κ2) is 6.81. The summed E-state index contributed by atoms with van der Waals surface area (Å²) in [4.78, 5) is 0. The highest BCUT2D eigenvalue weighted by Gasteiger charge is 2.09. The van der Waals surface area contributed by atoms with Crippen molar-refractivity contribution in [2.45, 2.75) is 13.0 Å². The minimum Gasteiger partial charge on any atom is -0.311 e. The van der Waals surface area contributed by atoms with Crippen LogP contribution in [-0.4, -0.2) is 22.0 Å². The van der Waals surface area contributed by atoms with E-state index in [0.29, 0.717) is 6.54 Å². The van der Waals surface area contributed by atoms with Crippen molar-refractivity contribution in [3.8, 4) is 11.3 Å². The monoisotopic (exact) mass is 278 g/mol. The van der Waals surface area contributed by atoms with E-state index in [2.05, 4.69) is 45.0 Å². The van der Waals surface area contributed by atoms with Gasteiger partial charge in [-0.25, -0.2) is 0 Å². The fourth-order valence-corrected chi connectivity index (χ4v) is 2.29. The van der Waals surface area contributed by atoms with Crippen molar-refractivity contribution in [2.24, 2.45) is 0 Å². The van der Waals surface area contributed by atoms with Gasteiger partial charge in [0.15, 0.2) is 0 Å². The van der Waals surface area contributed by atoms with Crippen molar-refractivity contribution < 1.29 is 0 Å². The molecule has 0 aliphatic rings. The van der Waals surface area contributed by atoms with Gasteiger partial charge in [0, 0.05) is 12.1 Å². The Kier molecular flexibility index (Phi) is 4.39. The van der Waals surface area contributed by atoms with Crippen LogP contribution in [0, 0.1) is 0 Å². The lowest BCUT2D eigenvalue weighted by Gasteiger charge is -2.04. The minimum atomic E-state index is 0.716. The largest absolute Gasteiger partial charge is 0.311 e. The van der Waals surface area contributed by atoms with Crippen LogP contribution < -0.4 is 5.32 Å². The van der Waals surface area contributed by atoms with Gasteiger partial charge >= 0.3 is 0 Å². The molecule has 0 unspecified atom stereocenters. The second-order valence-electron chi connectivity index (χ2n) is 4.90. The molecular weight excluding hydrogens is 260 g/mol. The molecule has 0 atom stereocenters. The summed E-state index contributed by atoms with van der Waals surface area (Å²) in [6.45, 7) is 1.64. The molecule has 1 heterocycles. The summed E-state index contributed by atoms with van der Waals surface area (Å²) in [5.41, 5.74) is 4.30. The predicted octanol–water partition coefficient (Wildman–Crippen LogP) is 2.80. The van der Waals surface area contributed by atoms with Gasteiger partial charge in [0.1, 0.15) is 11.4 Å². The highest BCUT2D eigenvalue weighted by molar-refractivity contribution is 5.60. The molecular formula is C17H18N4. The highest BCUT2D eigenvalue weighted by atomic mass is 15.3. The zero-order chi connectivity index (χ0) is 14.3. The summed E-state index contributed by atoms with van der Waals surface area (Å²) < 4.78 is 0. The zero-order valence-corrected chi connectivity index (χ0v) is 11.8. The maximum atomic E-state index is 4.25. The number of aromatic nitrogens is 3. The first-order chi connectivity index (χ1) is 10.4. The van der Waals surface area contributed by atoms with E-state index in [1.54, 1.807) is 0 Å². The fourth-order valence-electron chi connectivity index (χ4n) is 2.29. The lowest BCUT2D eigenvalue weighted by atomic mass is 10.1. The van der Waals surface area contributed by atoms with Gasteiger partial charge in [-0.2, -0.15) is 15.4 Å². The van der Waals surface area contributed by atoms with Crippen LogP contribution >= 0.6 is 0 Å². The quantitative estimate of drug-likeness (QED) is 0.682. The molecule has 106 valence electrons. The lowest BCUT2D eigenvalue weighted by Crippen LogP contribution is -2.17. The van der Waals surface area contributed by atoms with E-state index in [1.165, 1.54) is 5.56 Å². The molecule has 4 nitrogen and oxygen atoms in total. The number of H-pyrrole nitrogens is 1. The number of hydrogen-bond acceptors (Lipinski definition) is 3. The van der Waals surface area contributed by atoms with Crippen molar-refractivity contribution in [3.05, 3.63) is 71.9 Å². The molecule has 3 aromatic rings. The van der Waals surface area contributed by atoms with Gasteiger partial charge in [0.05, 0.1) is 0 Å². The predicted molar refractivity (Wildman–Crippen MR) is 83.7 cm³/mol.